The summed E-state index contributed by atoms with van der Waals surface area (Å²) in [7, 11) is 0. The first-order valence-electron chi connectivity index (χ1n) is 8.68. The Morgan fingerprint density at radius 1 is 1.22 bits per heavy atom. The van der Waals surface area contributed by atoms with E-state index >= 15 is 0 Å². The number of amides is 1. The van der Waals surface area contributed by atoms with Gasteiger partial charge in [-0.15, -0.1) is 0 Å². The van der Waals surface area contributed by atoms with Crippen LogP contribution in [0.2, 0.25) is 0 Å². The molecule has 0 bridgehead atoms. The van der Waals surface area contributed by atoms with Crippen molar-refractivity contribution in [1.82, 2.24) is 9.38 Å². The van der Waals surface area contributed by atoms with Gasteiger partial charge in [-0.25, -0.2) is 4.98 Å². The summed E-state index contributed by atoms with van der Waals surface area (Å²) in [5.41, 5.74) is 3.66. The molecule has 0 atom stereocenters. The summed E-state index contributed by atoms with van der Waals surface area (Å²) in [6, 6.07) is 12.7. The standard InChI is InChI=1S/C21H18BrN3O2/c1-3-16-19(25-11-12(2)10-15(22)20(25)23-16)21(27)24-17-8-4-7-14-13(17)6-5-9-18(14)26/h4-11,26H,3H2,1-2H3,(H,24,27). The van der Waals surface area contributed by atoms with E-state index in [1.807, 2.05) is 54.8 Å². The molecule has 27 heavy (non-hydrogen) atoms. The van der Waals surface area contributed by atoms with Crippen LogP contribution in [0, 0.1) is 6.92 Å². The molecule has 2 aromatic carbocycles. The summed E-state index contributed by atoms with van der Waals surface area (Å²) in [5.74, 6) is -0.0418. The Balaban J connectivity index is 1.84. The topological polar surface area (TPSA) is 66.6 Å². The van der Waals surface area contributed by atoms with Crippen LogP contribution in [0.15, 0.2) is 53.1 Å². The number of hydrogen-bond donors (Lipinski definition) is 2. The molecule has 2 N–H and O–H groups in total. The Labute approximate surface area is 164 Å². The lowest BCUT2D eigenvalue weighted by atomic mass is 10.1. The van der Waals surface area contributed by atoms with Crippen molar-refractivity contribution < 1.29 is 9.90 Å². The fourth-order valence-corrected chi connectivity index (χ4v) is 3.99. The number of aromatic hydroxyl groups is 1. The Morgan fingerprint density at radius 3 is 2.74 bits per heavy atom. The molecular weight excluding hydrogens is 406 g/mol. The fraction of sp³-hybridized carbons (Fsp3) is 0.143. The van der Waals surface area contributed by atoms with Crippen molar-refractivity contribution in [1.29, 1.82) is 0 Å². The van der Waals surface area contributed by atoms with E-state index in [4.69, 9.17) is 0 Å². The lowest BCUT2D eigenvalue weighted by Crippen LogP contribution is -2.16. The van der Waals surface area contributed by atoms with Crippen LogP contribution < -0.4 is 5.32 Å². The number of nitrogens with zero attached hydrogens (tertiary/aromatic N) is 2. The number of aryl methyl sites for hydroxylation is 2. The van der Waals surface area contributed by atoms with Gasteiger partial charge in [-0.3, -0.25) is 9.20 Å². The van der Waals surface area contributed by atoms with Crippen LogP contribution in [0.1, 0.15) is 28.7 Å². The number of carbonyl (C=O) groups is 1. The Hall–Kier alpha value is -2.86. The van der Waals surface area contributed by atoms with Gasteiger partial charge >= 0.3 is 0 Å². The maximum absolute atomic E-state index is 13.2. The lowest BCUT2D eigenvalue weighted by molar-refractivity contribution is 0.102. The summed E-state index contributed by atoms with van der Waals surface area (Å²) in [5, 5.41) is 14.5. The third-order valence-corrected chi connectivity index (χ3v) is 5.16. The maximum atomic E-state index is 13.2. The number of imidazole rings is 1. The monoisotopic (exact) mass is 423 g/mol. The van der Waals surface area contributed by atoms with Gasteiger partial charge in [-0.05, 0) is 53.0 Å². The summed E-state index contributed by atoms with van der Waals surface area (Å²) < 4.78 is 2.68. The van der Waals surface area contributed by atoms with Gasteiger partial charge in [0.15, 0.2) is 5.65 Å². The quantitative estimate of drug-likeness (QED) is 0.482. The predicted molar refractivity (Wildman–Crippen MR) is 111 cm³/mol. The van der Waals surface area contributed by atoms with E-state index in [9.17, 15) is 9.90 Å². The molecular formula is C21H18BrN3O2. The second-order valence-corrected chi connectivity index (χ2v) is 7.31. The molecule has 0 aliphatic rings. The molecule has 136 valence electrons. The van der Waals surface area contributed by atoms with Crippen molar-refractivity contribution in [2.24, 2.45) is 0 Å². The van der Waals surface area contributed by atoms with Crippen molar-refractivity contribution in [3.05, 3.63) is 70.1 Å². The largest absolute Gasteiger partial charge is 0.507 e. The SMILES string of the molecule is CCc1nc2c(Br)cc(C)cn2c1C(=O)Nc1cccc2c(O)cccc12. The minimum atomic E-state index is -0.229. The van der Waals surface area contributed by atoms with E-state index in [1.54, 1.807) is 12.1 Å². The number of anilines is 1. The third kappa shape index (κ3) is 2.96. The second-order valence-electron chi connectivity index (χ2n) is 6.45. The molecule has 0 fully saturated rings. The maximum Gasteiger partial charge on any atom is 0.274 e. The second kappa shape index (κ2) is 6.70. The first kappa shape index (κ1) is 17.5. The zero-order valence-corrected chi connectivity index (χ0v) is 16.5. The first-order chi connectivity index (χ1) is 13.0. The molecule has 2 aromatic heterocycles. The van der Waals surface area contributed by atoms with Gasteiger partial charge in [0.2, 0.25) is 0 Å². The average molecular weight is 424 g/mol. The van der Waals surface area contributed by atoms with Crippen molar-refractivity contribution >= 4 is 43.9 Å². The fourth-order valence-electron chi connectivity index (χ4n) is 3.35. The van der Waals surface area contributed by atoms with E-state index in [-0.39, 0.29) is 11.7 Å². The Morgan fingerprint density at radius 2 is 1.96 bits per heavy atom. The van der Waals surface area contributed by atoms with Crippen LogP contribution in [-0.2, 0) is 6.42 Å². The average Bonchev–Trinajstić information content (AvgIpc) is 3.01. The van der Waals surface area contributed by atoms with Crippen LogP contribution in [0.5, 0.6) is 5.75 Å². The van der Waals surface area contributed by atoms with Gasteiger partial charge in [-0.1, -0.05) is 31.2 Å². The zero-order valence-electron chi connectivity index (χ0n) is 15.0. The van der Waals surface area contributed by atoms with Gasteiger partial charge in [-0.2, -0.15) is 0 Å². The first-order valence-corrected chi connectivity index (χ1v) is 9.48. The van der Waals surface area contributed by atoms with Crippen molar-refractivity contribution in [3.63, 3.8) is 0 Å². The molecule has 0 saturated carbocycles. The Bertz CT molecular complexity index is 1200. The van der Waals surface area contributed by atoms with Crippen molar-refractivity contribution in [2.45, 2.75) is 20.3 Å². The van der Waals surface area contributed by atoms with E-state index in [0.29, 0.717) is 23.2 Å². The molecule has 6 heteroatoms. The van der Waals surface area contributed by atoms with Crippen LogP contribution >= 0.6 is 15.9 Å². The molecule has 0 aliphatic heterocycles. The van der Waals surface area contributed by atoms with Gasteiger partial charge in [0.05, 0.1) is 10.2 Å². The highest BCUT2D eigenvalue weighted by Gasteiger charge is 2.20. The highest BCUT2D eigenvalue weighted by molar-refractivity contribution is 9.10. The molecule has 2 heterocycles. The number of phenols is 1. The minimum absolute atomic E-state index is 0.187. The minimum Gasteiger partial charge on any atom is -0.507 e. The number of aromatic nitrogens is 2. The molecule has 1 amide bonds. The number of hydrogen-bond acceptors (Lipinski definition) is 3. The number of phenolic OH excluding ortho intramolecular Hbond substituents is 1. The molecule has 5 nitrogen and oxygen atoms in total. The molecule has 0 saturated heterocycles. The van der Waals surface area contributed by atoms with Crippen LogP contribution in [-0.4, -0.2) is 20.4 Å². The van der Waals surface area contributed by atoms with Crippen LogP contribution in [0.4, 0.5) is 5.69 Å². The summed E-state index contributed by atoms with van der Waals surface area (Å²) in [6.07, 6.45) is 2.56. The third-order valence-electron chi connectivity index (χ3n) is 4.58. The number of halogens is 1. The number of pyridine rings is 1. The summed E-state index contributed by atoms with van der Waals surface area (Å²) >= 11 is 3.54. The molecule has 0 unspecified atom stereocenters. The predicted octanol–water partition coefficient (Wildman–Crippen LogP) is 5.08. The molecule has 4 aromatic rings. The zero-order chi connectivity index (χ0) is 19.1. The van der Waals surface area contributed by atoms with E-state index in [1.165, 1.54) is 0 Å². The lowest BCUT2D eigenvalue weighted by Gasteiger charge is -2.11. The smallest absolute Gasteiger partial charge is 0.274 e. The number of benzene rings is 2. The molecule has 0 spiro atoms. The highest BCUT2D eigenvalue weighted by Crippen LogP contribution is 2.30. The Kier molecular flexibility index (Phi) is 4.36. The normalized spacial score (nSPS) is 11.2. The molecule has 0 aliphatic carbocycles. The molecule has 4 rings (SSSR count). The molecule has 0 radical (unpaired) electrons. The van der Waals surface area contributed by atoms with E-state index in [2.05, 4.69) is 26.2 Å². The van der Waals surface area contributed by atoms with Gasteiger partial charge in [0, 0.05) is 22.7 Å². The summed E-state index contributed by atoms with van der Waals surface area (Å²) in [4.78, 5) is 17.8. The van der Waals surface area contributed by atoms with Gasteiger partial charge in [0.25, 0.3) is 5.91 Å². The number of carbonyl (C=O) groups excluding carboxylic acids is 1. The summed E-state index contributed by atoms with van der Waals surface area (Å²) in [6.45, 7) is 3.96. The van der Waals surface area contributed by atoms with Crippen molar-refractivity contribution in [2.75, 3.05) is 5.32 Å². The number of rotatable bonds is 3. The number of nitrogens with one attached hydrogen (secondary N) is 1. The van der Waals surface area contributed by atoms with Gasteiger partial charge in [0.1, 0.15) is 11.4 Å². The van der Waals surface area contributed by atoms with E-state index < -0.39 is 0 Å². The van der Waals surface area contributed by atoms with Gasteiger partial charge < -0.3 is 10.4 Å². The van der Waals surface area contributed by atoms with Crippen molar-refractivity contribution in [3.8, 4) is 5.75 Å². The number of fused-ring (bicyclic) bond motifs is 2. The van der Waals surface area contributed by atoms with Crippen LogP contribution in [0.25, 0.3) is 16.4 Å². The van der Waals surface area contributed by atoms with Crippen LogP contribution in [0.3, 0.4) is 0 Å². The highest BCUT2D eigenvalue weighted by atomic mass is 79.9. The van der Waals surface area contributed by atoms with E-state index in [0.717, 1.165) is 26.8 Å².